The van der Waals surface area contributed by atoms with Crippen molar-refractivity contribution in [1.29, 1.82) is 0 Å². The van der Waals surface area contributed by atoms with E-state index in [9.17, 15) is 9.18 Å². The van der Waals surface area contributed by atoms with Crippen LogP contribution in [0.5, 0.6) is 0 Å². The molecule has 2 fully saturated rings. The number of ketones is 1. The summed E-state index contributed by atoms with van der Waals surface area (Å²) >= 11 is 12.3. The molecule has 0 radical (unpaired) electrons. The molecule has 2 aliphatic rings. The number of aromatic nitrogens is 3. The number of Topliss-reactive ketones (excluding diaryl/α,β-unsaturated/α-hetero) is 1. The molecule has 1 saturated heterocycles. The second kappa shape index (κ2) is 8.87. The molecule has 1 aliphatic heterocycles. The van der Waals surface area contributed by atoms with Gasteiger partial charge in [0.2, 0.25) is 0 Å². The van der Waals surface area contributed by atoms with E-state index in [1.165, 1.54) is 12.5 Å². The summed E-state index contributed by atoms with van der Waals surface area (Å²) in [6.45, 7) is 1.45. The molecule has 1 saturated carbocycles. The van der Waals surface area contributed by atoms with Gasteiger partial charge in [-0.05, 0) is 55.7 Å². The molecule has 3 heterocycles. The number of rotatable bonds is 7. The van der Waals surface area contributed by atoms with Gasteiger partial charge in [0.25, 0.3) is 0 Å². The van der Waals surface area contributed by atoms with Gasteiger partial charge >= 0.3 is 0 Å². The first-order valence-electron chi connectivity index (χ1n) is 11.0. The highest BCUT2D eigenvalue weighted by Crippen LogP contribution is 2.37. The van der Waals surface area contributed by atoms with Crippen LogP contribution in [-0.2, 0) is 4.79 Å². The van der Waals surface area contributed by atoms with Gasteiger partial charge in [-0.15, -0.1) is 0 Å². The normalized spacial score (nSPS) is 19.8. The van der Waals surface area contributed by atoms with Gasteiger partial charge in [-0.3, -0.25) is 4.79 Å². The number of benzene rings is 1. The highest BCUT2D eigenvalue weighted by atomic mass is 35.5. The Morgan fingerprint density at radius 1 is 1.22 bits per heavy atom. The van der Waals surface area contributed by atoms with Gasteiger partial charge in [-0.25, -0.2) is 14.4 Å². The maximum atomic E-state index is 14.3. The number of aromatic amines is 1. The molecule has 9 heteroatoms. The van der Waals surface area contributed by atoms with Crippen LogP contribution in [0.25, 0.3) is 11.0 Å². The van der Waals surface area contributed by atoms with Crippen molar-refractivity contribution in [3.05, 3.63) is 46.6 Å². The third-order valence-corrected chi connectivity index (χ3v) is 6.77. The number of piperidine rings is 1. The number of carbonyl (C=O) groups excluding carboxylic acids is 1. The van der Waals surface area contributed by atoms with E-state index in [-0.39, 0.29) is 23.6 Å². The zero-order valence-corrected chi connectivity index (χ0v) is 19.0. The van der Waals surface area contributed by atoms with Gasteiger partial charge < -0.3 is 15.2 Å². The molecule has 0 bridgehead atoms. The predicted molar refractivity (Wildman–Crippen MR) is 125 cm³/mol. The molecule has 5 rings (SSSR count). The third kappa shape index (κ3) is 4.55. The summed E-state index contributed by atoms with van der Waals surface area (Å²) in [4.78, 5) is 26.7. The molecule has 6 nitrogen and oxygen atoms in total. The Kier molecular flexibility index (Phi) is 5.95. The highest BCUT2D eigenvalue weighted by molar-refractivity contribution is 6.35. The Labute approximate surface area is 195 Å². The van der Waals surface area contributed by atoms with Crippen LogP contribution in [0.4, 0.5) is 15.9 Å². The summed E-state index contributed by atoms with van der Waals surface area (Å²) in [6.07, 6.45) is 7.21. The topological polar surface area (TPSA) is 73.9 Å². The van der Waals surface area contributed by atoms with Crippen molar-refractivity contribution in [1.82, 2.24) is 15.0 Å². The van der Waals surface area contributed by atoms with Crippen molar-refractivity contribution in [2.45, 2.75) is 38.1 Å². The predicted octanol–water partition coefficient (Wildman–Crippen LogP) is 5.47. The third-order valence-electron chi connectivity index (χ3n) is 6.34. The van der Waals surface area contributed by atoms with E-state index in [1.807, 2.05) is 0 Å². The maximum Gasteiger partial charge on any atom is 0.155 e. The summed E-state index contributed by atoms with van der Waals surface area (Å²) in [7, 11) is 0. The standard InChI is InChI=1S/C23H24Cl2FN5O/c24-15-7-16(25)9-17(8-15)30-21(14-3-4-14)19(32)6-13-2-1-5-31(11-13)23-20-18(26)10-27-22(20)28-12-29-23/h7-10,12-14,21,30H,1-6,11H2,(H,27,28,29)/t13-,21+/m0/s1. The zero-order valence-electron chi connectivity index (χ0n) is 17.5. The van der Waals surface area contributed by atoms with Crippen molar-refractivity contribution >= 4 is 51.5 Å². The maximum absolute atomic E-state index is 14.3. The number of fused-ring (bicyclic) bond motifs is 1. The number of nitrogens with zero attached hydrogens (tertiary/aromatic N) is 3. The first kappa shape index (κ1) is 21.5. The van der Waals surface area contributed by atoms with E-state index >= 15 is 0 Å². The van der Waals surface area contributed by atoms with Crippen LogP contribution in [0.1, 0.15) is 32.1 Å². The molecule has 2 N–H and O–H groups in total. The van der Waals surface area contributed by atoms with Crippen LogP contribution in [0.3, 0.4) is 0 Å². The second-order valence-electron chi connectivity index (χ2n) is 8.80. The minimum absolute atomic E-state index is 0.189. The van der Waals surface area contributed by atoms with Crippen molar-refractivity contribution < 1.29 is 9.18 Å². The average Bonchev–Trinajstić information content (AvgIpc) is 3.53. The fourth-order valence-electron chi connectivity index (χ4n) is 4.69. The molecule has 0 amide bonds. The van der Waals surface area contributed by atoms with Crippen molar-refractivity contribution in [2.75, 3.05) is 23.3 Å². The minimum atomic E-state index is -0.355. The lowest BCUT2D eigenvalue weighted by Crippen LogP contribution is -2.39. The minimum Gasteiger partial charge on any atom is -0.375 e. The molecule has 0 unspecified atom stereocenters. The number of hydrogen-bond acceptors (Lipinski definition) is 5. The molecule has 2 aromatic heterocycles. The molecular formula is C23H24Cl2FN5O. The van der Waals surface area contributed by atoms with E-state index in [0.717, 1.165) is 37.9 Å². The zero-order chi connectivity index (χ0) is 22.2. The van der Waals surface area contributed by atoms with Gasteiger partial charge in [0.15, 0.2) is 11.6 Å². The quantitative estimate of drug-likeness (QED) is 0.473. The van der Waals surface area contributed by atoms with Crippen LogP contribution in [0, 0.1) is 17.7 Å². The molecule has 1 aliphatic carbocycles. The van der Waals surface area contributed by atoms with E-state index in [2.05, 4.69) is 25.2 Å². The Morgan fingerprint density at radius 3 is 2.75 bits per heavy atom. The summed E-state index contributed by atoms with van der Waals surface area (Å²) < 4.78 is 14.3. The van der Waals surface area contributed by atoms with Gasteiger partial charge in [-0.2, -0.15) is 0 Å². The molecular weight excluding hydrogens is 452 g/mol. The molecule has 32 heavy (non-hydrogen) atoms. The Morgan fingerprint density at radius 2 is 2.00 bits per heavy atom. The van der Waals surface area contributed by atoms with Gasteiger partial charge in [0, 0.05) is 41.4 Å². The lowest BCUT2D eigenvalue weighted by atomic mass is 9.89. The number of H-pyrrole nitrogens is 1. The fourth-order valence-corrected chi connectivity index (χ4v) is 5.22. The highest BCUT2D eigenvalue weighted by Gasteiger charge is 2.37. The lowest BCUT2D eigenvalue weighted by molar-refractivity contribution is -0.121. The second-order valence-corrected chi connectivity index (χ2v) is 9.67. The van der Waals surface area contributed by atoms with Crippen LogP contribution in [-0.4, -0.2) is 39.9 Å². The molecule has 0 spiro atoms. The monoisotopic (exact) mass is 475 g/mol. The number of hydrogen-bond donors (Lipinski definition) is 2. The number of anilines is 2. The summed E-state index contributed by atoms with van der Waals surface area (Å²) in [5.74, 6) is 0.976. The largest absolute Gasteiger partial charge is 0.375 e. The van der Waals surface area contributed by atoms with E-state index in [1.54, 1.807) is 18.2 Å². The van der Waals surface area contributed by atoms with Gasteiger partial charge in [0.1, 0.15) is 17.8 Å². The first-order chi connectivity index (χ1) is 15.5. The molecule has 168 valence electrons. The summed E-state index contributed by atoms with van der Waals surface area (Å²) in [5.41, 5.74) is 1.26. The number of carbonyl (C=O) groups is 1. The molecule has 1 aromatic carbocycles. The Bertz CT molecular complexity index is 1130. The summed E-state index contributed by atoms with van der Waals surface area (Å²) in [6, 6.07) is 5.03. The fraction of sp³-hybridized carbons (Fsp3) is 0.435. The van der Waals surface area contributed by atoms with Gasteiger partial charge in [-0.1, -0.05) is 23.2 Å². The van der Waals surface area contributed by atoms with Crippen LogP contribution < -0.4 is 10.2 Å². The SMILES string of the molecule is O=C(C[C@@H]1CCCN(c2ncnc3[nH]cc(F)c23)C1)[C@H](Nc1cc(Cl)cc(Cl)c1)C1CC1. The smallest absolute Gasteiger partial charge is 0.155 e. The van der Waals surface area contributed by atoms with E-state index in [0.29, 0.717) is 45.8 Å². The number of halogens is 3. The van der Waals surface area contributed by atoms with E-state index < -0.39 is 0 Å². The first-order valence-corrected chi connectivity index (χ1v) is 11.7. The van der Waals surface area contributed by atoms with E-state index in [4.69, 9.17) is 23.2 Å². The van der Waals surface area contributed by atoms with Crippen molar-refractivity contribution in [3.8, 4) is 0 Å². The van der Waals surface area contributed by atoms with Gasteiger partial charge in [0.05, 0.1) is 11.4 Å². The summed E-state index contributed by atoms with van der Waals surface area (Å²) in [5, 5.41) is 4.87. The number of nitrogens with one attached hydrogen (secondary N) is 2. The average molecular weight is 476 g/mol. The van der Waals surface area contributed by atoms with Crippen LogP contribution >= 0.6 is 23.2 Å². The molecule has 3 aromatic rings. The van der Waals surface area contributed by atoms with Crippen LogP contribution in [0.15, 0.2) is 30.7 Å². The van der Waals surface area contributed by atoms with Crippen LogP contribution in [0.2, 0.25) is 10.0 Å². The van der Waals surface area contributed by atoms with Crippen molar-refractivity contribution in [3.63, 3.8) is 0 Å². The van der Waals surface area contributed by atoms with Crippen molar-refractivity contribution in [2.24, 2.45) is 11.8 Å². The Hall–Kier alpha value is -2.38. The lowest BCUT2D eigenvalue weighted by Gasteiger charge is -2.34. The Balaban J connectivity index is 1.29. The molecule has 2 atom stereocenters.